The lowest BCUT2D eigenvalue weighted by Gasteiger charge is -2.14. The fraction of sp³-hybridized carbons (Fsp3) is 0.261. The van der Waals surface area contributed by atoms with E-state index < -0.39 is 0 Å². The summed E-state index contributed by atoms with van der Waals surface area (Å²) in [4.78, 5) is 31.8. The lowest BCUT2D eigenvalue weighted by molar-refractivity contribution is -0.115. The number of carbonyl (C=O) groups is 1. The lowest BCUT2D eigenvalue weighted by atomic mass is 10.2. The molecule has 0 aliphatic rings. The minimum absolute atomic E-state index is 0.0761. The summed E-state index contributed by atoms with van der Waals surface area (Å²) in [6.07, 6.45) is -0.0761. The number of aromatic nitrogens is 2. The Labute approximate surface area is 195 Å². The van der Waals surface area contributed by atoms with E-state index >= 15 is 0 Å². The summed E-state index contributed by atoms with van der Waals surface area (Å²) in [5.41, 5.74) is 1.52. The highest BCUT2D eigenvalue weighted by Crippen LogP contribution is 2.39. The molecule has 1 amide bonds. The molecule has 0 unspecified atom stereocenters. The van der Waals surface area contributed by atoms with E-state index in [0.717, 1.165) is 11.3 Å². The first-order valence-corrected chi connectivity index (χ1v) is 10.9. The van der Waals surface area contributed by atoms with Crippen LogP contribution in [0.1, 0.15) is 11.3 Å². The number of aromatic amines is 1. The molecule has 2 N–H and O–H groups in total. The Morgan fingerprint density at radius 3 is 2.36 bits per heavy atom. The molecule has 0 saturated carbocycles. The number of carbonyl (C=O) groups excluding carboxylic acids is 1. The van der Waals surface area contributed by atoms with Gasteiger partial charge in [0.05, 0.1) is 40.6 Å². The molecule has 9 nitrogen and oxygen atoms in total. The number of anilines is 1. The van der Waals surface area contributed by atoms with Crippen LogP contribution in [-0.4, -0.2) is 44.3 Å². The average Bonchev–Trinajstić information content (AvgIpc) is 2.81. The second kappa shape index (κ2) is 11.3. The fourth-order valence-corrected chi connectivity index (χ4v) is 3.92. The number of amides is 1. The monoisotopic (exact) mass is 471 g/mol. The largest absolute Gasteiger partial charge is 0.497 e. The number of rotatable bonds is 10. The SMILES string of the molecule is COc1cccc(CSc2nc(CC(=O)Nc3cc(OC)c(OC)c(OC)c3)cc(=O)[nH]2)c1. The molecule has 0 aliphatic carbocycles. The number of hydrogen-bond donors (Lipinski definition) is 2. The van der Waals surface area contributed by atoms with Gasteiger partial charge < -0.3 is 29.2 Å². The first kappa shape index (κ1) is 24.0. The van der Waals surface area contributed by atoms with Crippen molar-refractivity contribution in [3.63, 3.8) is 0 Å². The smallest absolute Gasteiger partial charge is 0.251 e. The van der Waals surface area contributed by atoms with E-state index in [0.29, 0.717) is 39.5 Å². The van der Waals surface area contributed by atoms with Gasteiger partial charge in [0.1, 0.15) is 5.75 Å². The molecule has 1 aromatic heterocycles. The molecule has 3 rings (SSSR count). The van der Waals surface area contributed by atoms with Crippen LogP contribution in [0.5, 0.6) is 23.0 Å². The Balaban J connectivity index is 1.70. The molecule has 33 heavy (non-hydrogen) atoms. The number of hydrogen-bond acceptors (Lipinski definition) is 8. The molecule has 0 radical (unpaired) electrons. The van der Waals surface area contributed by atoms with Gasteiger partial charge in [-0.25, -0.2) is 4.98 Å². The topological polar surface area (TPSA) is 112 Å². The summed E-state index contributed by atoms with van der Waals surface area (Å²) in [7, 11) is 6.10. The predicted molar refractivity (Wildman–Crippen MR) is 126 cm³/mol. The Hall–Kier alpha value is -3.66. The Kier molecular flexibility index (Phi) is 8.20. The number of nitrogens with zero attached hydrogens (tertiary/aromatic N) is 1. The highest BCUT2D eigenvalue weighted by atomic mass is 32.2. The number of H-pyrrole nitrogens is 1. The molecule has 0 bridgehead atoms. The first-order chi connectivity index (χ1) is 15.9. The van der Waals surface area contributed by atoms with Crippen LogP contribution in [0.3, 0.4) is 0 Å². The molecule has 3 aromatic rings. The first-order valence-electron chi connectivity index (χ1n) is 9.91. The van der Waals surface area contributed by atoms with Crippen LogP contribution in [0, 0.1) is 0 Å². The van der Waals surface area contributed by atoms with Crippen molar-refractivity contribution in [3.05, 3.63) is 64.1 Å². The van der Waals surface area contributed by atoms with Gasteiger partial charge in [-0.2, -0.15) is 0 Å². The van der Waals surface area contributed by atoms with Gasteiger partial charge in [0.15, 0.2) is 16.7 Å². The van der Waals surface area contributed by atoms with Crippen LogP contribution in [0.25, 0.3) is 0 Å². The van der Waals surface area contributed by atoms with Gasteiger partial charge in [-0.05, 0) is 17.7 Å². The van der Waals surface area contributed by atoms with E-state index in [-0.39, 0.29) is 17.9 Å². The molecular weight excluding hydrogens is 446 g/mol. The van der Waals surface area contributed by atoms with Crippen LogP contribution in [0.15, 0.2) is 52.4 Å². The molecule has 0 fully saturated rings. The van der Waals surface area contributed by atoms with Crippen molar-refractivity contribution in [2.75, 3.05) is 33.8 Å². The quantitative estimate of drug-likeness (QED) is 0.342. The zero-order valence-corrected chi connectivity index (χ0v) is 19.6. The number of thioether (sulfide) groups is 1. The van der Waals surface area contributed by atoms with E-state index in [4.69, 9.17) is 18.9 Å². The van der Waals surface area contributed by atoms with Crippen molar-refractivity contribution in [3.8, 4) is 23.0 Å². The van der Waals surface area contributed by atoms with Crippen molar-refractivity contribution in [2.45, 2.75) is 17.3 Å². The predicted octanol–water partition coefficient (Wildman–Crippen LogP) is 3.28. The number of ether oxygens (including phenoxy) is 4. The van der Waals surface area contributed by atoms with E-state index in [1.54, 1.807) is 19.2 Å². The van der Waals surface area contributed by atoms with Gasteiger partial charge in [-0.1, -0.05) is 23.9 Å². The summed E-state index contributed by atoms with van der Waals surface area (Å²) < 4.78 is 21.1. The highest BCUT2D eigenvalue weighted by Gasteiger charge is 2.15. The fourth-order valence-electron chi connectivity index (χ4n) is 3.08. The lowest BCUT2D eigenvalue weighted by Crippen LogP contribution is -2.18. The van der Waals surface area contributed by atoms with Crippen LogP contribution < -0.4 is 29.8 Å². The normalized spacial score (nSPS) is 10.4. The number of benzene rings is 2. The highest BCUT2D eigenvalue weighted by molar-refractivity contribution is 7.98. The average molecular weight is 472 g/mol. The van der Waals surface area contributed by atoms with Gasteiger partial charge in [0.25, 0.3) is 5.56 Å². The third-order valence-corrected chi connectivity index (χ3v) is 5.52. The number of nitrogens with one attached hydrogen (secondary N) is 2. The minimum atomic E-state index is -0.342. The Morgan fingerprint density at radius 2 is 1.73 bits per heavy atom. The van der Waals surface area contributed by atoms with Crippen molar-refractivity contribution >= 4 is 23.4 Å². The van der Waals surface area contributed by atoms with Crippen LogP contribution in [0.4, 0.5) is 5.69 Å². The molecular formula is C23H25N3O6S. The molecule has 2 aromatic carbocycles. The van der Waals surface area contributed by atoms with Gasteiger partial charge in [0, 0.05) is 29.6 Å². The second-order valence-corrected chi connectivity index (χ2v) is 7.79. The van der Waals surface area contributed by atoms with Gasteiger partial charge >= 0.3 is 0 Å². The van der Waals surface area contributed by atoms with Crippen molar-refractivity contribution in [1.82, 2.24) is 9.97 Å². The zero-order valence-electron chi connectivity index (χ0n) is 18.8. The molecule has 10 heteroatoms. The van der Waals surface area contributed by atoms with Crippen LogP contribution in [-0.2, 0) is 17.0 Å². The van der Waals surface area contributed by atoms with Crippen molar-refractivity contribution in [2.24, 2.45) is 0 Å². The maximum absolute atomic E-state index is 12.6. The molecule has 0 spiro atoms. The summed E-state index contributed by atoms with van der Waals surface area (Å²) >= 11 is 1.37. The van der Waals surface area contributed by atoms with E-state index in [9.17, 15) is 9.59 Å². The molecule has 1 heterocycles. The van der Waals surface area contributed by atoms with E-state index in [1.807, 2.05) is 24.3 Å². The Morgan fingerprint density at radius 1 is 1.00 bits per heavy atom. The van der Waals surface area contributed by atoms with Gasteiger partial charge in [0.2, 0.25) is 11.7 Å². The third-order valence-electron chi connectivity index (χ3n) is 4.57. The standard InChI is InChI=1S/C23H25N3O6S/c1-29-17-7-5-6-14(8-17)13-33-23-25-16(12-21(28)26-23)11-20(27)24-15-9-18(30-2)22(32-4)19(10-15)31-3/h5-10,12H,11,13H2,1-4H3,(H,24,27)(H,25,26,28). The Bertz CT molecular complexity index is 1160. The summed E-state index contributed by atoms with van der Waals surface area (Å²) in [5, 5.41) is 3.20. The molecule has 0 saturated heterocycles. The van der Waals surface area contributed by atoms with E-state index in [2.05, 4.69) is 15.3 Å². The van der Waals surface area contributed by atoms with Crippen LogP contribution in [0.2, 0.25) is 0 Å². The van der Waals surface area contributed by atoms with Gasteiger partial charge in [-0.15, -0.1) is 0 Å². The molecule has 0 aliphatic heterocycles. The third kappa shape index (κ3) is 6.42. The second-order valence-electron chi connectivity index (χ2n) is 6.82. The van der Waals surface area contributed by atoms with Gasteiger partial charge in [-0.3, -0.25) is 9.59 Å². The maximum Gasteiger partial charge on any atom is 0.251 e. The summed E-state index contributed by atoms with van der Waals surface area (Å²) in [5.74, 6) is 2.25. The van der Waals surface area contributed by atoms with Crippen molar-refractivity contribution < 1.29 is 23.7 Å². The summed E-state index contributed by atoms with van der Waals surface area (Å²) in [6.45, 7) is 0. The van der Waals surface area contributed by atoms with E-state index in [1.165, 1.54) is 39.2 Å². The van der Waals surface area contributed by atoms with Crippen molar-refractivity contribution in [1.29, 1.82) is 0 Å². The molecule has 174 valence electrons. The summed E-state index contributed by atoms with van der Waals surface area (Å²) in [6, 6.07) is 12.2. The molecule has 0 atom stereocenters. The van der Waals surface area contributed by atoms with Crippen LogP contribution >= 0.6 is 11.8 Å². The maximum atomic E-state index is 12.6. The number of methoxy groups -OCH3 is 4. The zero-order chi connectivity index (χ0) is 23.8. The minimum Gasteiger partial charge on any atom is -0.497 e.